The van der Waals surface area contributed by atoms with Gasteiger partial charge in [0, 0.05) is 24.6 Å². The molecule has 2 aromatic heterocycles. The molecule has 7 nitrogen and oxygen atoms in total. The van der Waals surface area contributed by atoms with Gasteiger partial charge in [-0.05, 0) is 28.8 Å². The highest BCUT2D eigenvalue weighted by molar-refractivity contribution is 9.10. The highest BCUT2D eigenvalue weighted by atomic mass is 79.9. The lowest BCUT2D eigenvalue weighted by Gasteiger charge is -2.18. The van der Waals surface area contributed by atoms with Crippen LogP contribution in [0, 0.1) is 0 Å². The van der Waals surface area contributed by atoms with Crippen LogP contribution in [0.25, 0.3) is 0 Å². The van der Waals surface area contributed by atoms with Gasteiger partial charge in [-0.3, -0.25) is 4.68 Å². The molecule has 4 rings (SSSR count). The van der Waals surface area contributed by atoms with Gasteiger partial charge < -0.3 is 15.7 Å². The van der Waals surface area contributed by atoms with Crippen LogP contribution in [0.4, 0.5) is 11.8 Å². The number of aryl methyl sites for hydroxylation is 1. The molecule has 0 aliphatic carbocycles. The van der Waals surface area contributed by atoms with E-state index < -0.39 is 0 Å². The van der Waals surface area contributed by atoms with Gasteiger partial charge in [0.1, 0.15) is 11.0 Å². The van der Waals surface area contributed by atoms with E-state index in [9.17, 15) is 5.11 Å². The van der Waals surface area contributed by atoms with E-state index in [0.717, 1.165) is 35.1 Å². The number of fused-ring (bicyclic) bond motifs is 2. The summed E-state index contributed by atoms with van der Waals surface area (Å²) in [5.41, 5.74) is 8.73. The monoisotopic (exact) mass is 398 g/mol. The first-order valence-electron chi connectivity index (χ1n) is 7.51. The Balaban J connectivity index is 1.69. The fourth-order valence-electron chi connectivity index (χ4n) is 3.40. The van der Waals surface area contributed by atoms with Gasteiger partial charge in [-0.25, -0.2) is 4.98 Å². The molecule has 1 atom stereocenters. The maximum atomic E-state index is 9.64. The maximum Gasteiger partial charge on any atom is 0.223 e. The van der Waals surface area contributed by atoms with Crippen LogP contribution >= 0.6 is 27.5 Å². The van der Waals surface area contributed by atoms with E-state index in [2.05, 4.69) is 40.6 Å². The van der Waals surface area contributed by atoms with E-state index in [4.69, 9.17) is 17.3 Å². The summed E-state index contributed by atoms with van der Waals surface area (Å²) in [6.45, 7) is 2.18. The highest BCUT2D eigenvalue weighted by Crippen LogP contribution is 2.40. The van der Waals surface area contributed by atoms with Crippen molar-refractivity contribution in [1.82, 2.24) is 19.7 Å². The van der Waals surface area contributed by atoms with Crippen LogP contribution in [-0.2, 0) is 19.5 Å². The highest BCUT2D eigenvalue weighted by Gasteiger charge is 2.34. The second kappa shape index (κ2) is 5.61. The molecule has 2 aromatic rings. The number of nitrogen functional groups attached to an aromatic ring is 1. The van der Waals surface area contributed by atoms with Crippen molar-refractivity contribution in [3.63, 3.8) is 0 Å². The van der Waals surface area contributed by atoms with Crippen molar-refractivity contribution < 1.29 is 5.11 Å². The molecule has 2 aliphatic rings. The number of hydrogen-bond acceptors (Lipinski definition) is 6. The minimum atomic E-state index is -0.105. The first kappa shape index (κ1) is 15.2. The second-order valence-electron chi connectivity index (χ2n) is 5.90. The standard InChI is InChI=1S/C14H16BrClN6O/c15-11-8(20-22-3-1-2-9(11)22)5-21-4-7(6-23)10-12(16)18-14(17)19-13(10)21/h7,23H,1-6H2,(H2,17,18,19). The lowest BCUT2D eigenvalue weighted by molar-refractivity contribution is 0.270. The van der Waals surface area contributed by atoms with Gasteiger partial charge in [-0.1, -0.05) is 11.6 Å². The number of aromatic nitrogens is 4. The van der Waals surface area contributed by atoms with Crippen molar-refractivity contribution >= 4 is 39.3 Å². The van der Waals surface area contributed by atoms with E-state index >= 15 is 0 Å². The second-order valence-corrected chi connectivity index (χ2v) is 7.05. The quantitative estimate of drug-likeness (QED) is 0.763. The molecule has 2 aliphatic heterocycles. The molecular formula is C14H16BrClN6O. The molecule has 0 aromatic carbocycles. The van der Waals surface area contributed by atoms with Crippen molar-refractivity contribution in [2.75, 3.05) is 23.8 Å². The summed E-state index contributed by atoms with van der Waals surface area (Å²) in [6.07, 6.45) is 2.18. The molecule has 0 radical (unpaired) electrons. The lowest BCUT2D eigenvalue weighted by atomic mass is 10.1. The fourth-order valence-corrected chi connectivity index (χ4v) is 4.34. The zero-order valence-corrected chi connectivity index (χ0v) is 14.7. The normalized spacial score (nSPS) is 19.3. The van der Waals surface area contributed by atoms with Crippen LogP contribution < -0.4 is 10.6 Å². The third-order valence-electron chi connectivity index (χ3n) is 4.45. The predicted octanol–water partition coefficient (Wildman–Crippen LogP) is 1.71. The van der Waals surface area contributed by atoms with Gasteiger partial charge in [0.2, 0.25) is 5.95 Å². The molecule has 0 amide bonds. The summed E-state index contributed by atoms with van der Waals surface area (Å²) >= 11 is 9.88. The number of nitrogens with zero attached hydrogens (tertiary/aromatic N) is 5. The third-order valence-corrected chi connectivity index (χ3v) is 5.65. The number of rotatable bonds is 3. The first-order valence-corrected chi connectivity index (χ1v) is 8.68. The number of halogens is 2. The SMILES string of the molecule is Nc1nc(Cl)c2c(n1)N(Cc1nn3c(c1Br)CCC3)CC2CO. The summed E-state index contributed by atoms with van der Waals surface area (Å²) in [7, 11) is 0. The Hall–Kier alpha value is -1.38. The van der Waals surface area contributed by atoms with Crippen LogP contribution in [0.1, 0.15) is 29.3 Å². The van der Waals surface area contributed by atoms with Crippen molar-refractivity contribution in [2.45, 2.75) is 31.8 Å². The number of nitrogens with two attached hydrogens (primary N) is 1. The van der Waals surface area contributed by atoms with Gasteiger partial charge >= 0.3 is 0 Å². The summed E-state index contributed by atoms with van der Waals surface area (Å²) in [4.78, 5) is 10.4. The molecule has 0 spiro atoms. The van der Waals surface area contributed by atoms with Gasteiger partial charge in [0.25, 0.3) is 0 Å². The molecule has 0 saturated carbocycles. The van der Waals surface area contributed by atoms with Crippen LogP contribution in [0.5, 0.6) is 0 Å². The molecule has 0 bridgehead atoms. The molecular weight excluding hydrogens is 384 g/mol. The number of aliphatic hydroxyl groups excluding tert-OH is 1. The van der Waals surface area contributed by atoms with E-state index in [0.29, 0.717) is 24.1 Å². The average Bonchev–Trinajstić information content (AvgIpc) is 3.17. The average molecular weight is 400 g/mol. The third kappa shape index (κ3) is 2.40. The van der Waals surface area contributed by atoms with E-state index in [1.165, 1.54) is 5.69 Å². The fraction of sp³-hybridized carbons (Fsp3) is 0.500. The minimum absolute atomic E-state index is 0.00262. The van der Waals surface area contributed by atoms with Gasteiger partial charge in [0.15, 0.2) is 0 Å². The number of aliphatic hydroxyl groups is 1. The Morgan fingerprint density at radius 2 is 2.22 bits per heavy atom. The van der Waals surface area contributed by atoms with E-state index in [-0.39, 0.29) is 18.5 Å². The number of hydrogen-bond donors (Lipinski definition) is 2. The van der Waals surface area contributed by atoms with Crippen LogP contribution in [0.3, 0.4) is 0 Å². The summed E-state index contributed by atoms with van der Waals surface area (Å²) in [5.74, 6) is 0.733. The molecule has 0 saturated heterocycles. The molecule has 23 heavy (non-hydrogen) atoms. The van der Waals surface area contributed by atoms with Gasteiger partial charge in [-0.15, -0.1) is 0 Å². The molecule has 4 heterocycles. The maximum absolute atomic E-state index is 9.64. The van der Waals surface area contributed by atoms with E-state index in [1.54, 1.807) is 0 Å². The topological polar surface area (TPSA) is 93.1 Å². The number of anilines is 2. The molecule has 9 heteroatoms. The molecule has 1 unspecified atom stereocenters. The van der Waals surface area contributed by atoms with Gasteiger partial charge in [-0.2, -0.15) is 10.1 Å². The zero-order chi connectivity index (χ0) is 16.1. The van der Waals surface area contributed by atoms with E-state index in [1.807, 2.05) is 0 Å². The zero-order valence-electron chi connectivity index (χ0n) is 12.3. The van der Waals surface area contributed by atoms with Crippen molar-refractivity contribution in [2.24, 2.45) is 0 Å². The minimum Gasteiger partial charge on any atom is -0.396 e. The first-order chi connectivity index (χ1) is 11.1. The predicted molar refractivity (Wildman–Crippen MR) is 90.6 cm³/mol. The Bertz CT molecular complexity index is 779. The molecule has 122 valence electrons. The Labute approximate surface area is 146 Å². The Morgan fingerprint density at radius 3 is 2.96 bits per heavy atom. The Morgan fingerprint density at radius 1 is 1.39 bits per heavy atom. The Kier molecular flexibility index (Phi) is 3.70. The van der Waals surface area contributed by atoms with Crippen LogP contribution in [0.15, 0.2) is 4.47 Å². The van der Waals surface area contributed by atoms with Crippen LogP contribution in [-0.4, -0.2) is 38.0 Å². The van der Waals surface area contributed by atoms with Gasteiger partial charge in [0.05, 0.1) is 29.0 Å². The largest absolute Gasteiger partial charge is 0.396 e. The lowest BCUT2D eigenvalue weighted by Crippen LogP contribution is -2.23. The van der Waals surface area contributed by atoms with Crippen molar-refractivity contribution in [1.29, 1.82) is 0 Å². The van der Waals surface area contributed by atoms with Crippen molar-refractivity contribution in [3.8, 4) is 0 Å². The van der Waals surface area contributed by atoms with Crippen LogP contribution in [0.2, 0.25) is 5.15 Å². The van der Waals surface area contributed by atoms with Crippen molar-refractivity contribution in [3.05, 3.63) is 26.6 Å². The summed E-state index contributed by atoms with van der Waals surface area (Å²) < 4.78 is 3.12. The summed E-state index contributed by atoms with van der Waals surface area (Å²) in [5, 5.41) is 14.6. The smallest absolute Gasteiger partial charge is 0.223 e. The summed E-state index contributed by atoms with van der Waals surface area (Å²) in [6, 6.07) is 0. The molecule has 0 fully saturated rings. The molecule has 3 N–H and O–H groups in total.